The van der Waals surface area contributed by atoms with Gasteiger partial charge >= 0.3 is 0 Å². The molecule has 3 heteroatoms. The molecule has 0 saturated carbocycles. The second-order valence-corrected chi connectivity index (χ2v) is 2.75. The molecule has 0 fully saturated rings. The summed E-state index contributed by atoms with van der Waals surface area (Å²) in [6, 6.07) is 10.6. The molecule has 2 atom stereocenters. The van der Waals surface area contributed by atoms with Gasteiger partial charge in [-0.05, 0) is 12.6 Å². The predicted octanol–water partition coefficient (Wildman–Crippen LogP) is 0.832. The van der Waals surface area contributed by atoms with Gasteiger partial charge in [0.05, 0.1) is 6.07 Å². The number of benzene rings is 1. The maximum atomic E-state index is 9.70. The molecule has 0 aliphatic rings. The Morgan fingerprint density at radius 1 is 1.38 bits per heavy atom. The molecule has 13 heavy (non-hydrogen) atoms. The van der Waals surface area contributed by atoms with E-state index in [2.05, 4.69) is 5.32 Å². The molecular weight excluding hydrogens is 164 g/mol. The highest BCUT2D eigenvalue weighted by molar-refractivity contribution is 5.20. The maximum Gasteiger partial charge on any atom is 0.125 e. The molecule has 0 spiro atoms. The average molecular weight is 176 g/mol. The van der Waals surface area contributed by atoms with Crippen molar-refractivity contribution in [3.05, 3.63) is 35.9 Å². The Labute approximate surface area is 77.6 Å². The molecule has 0 radical (unpaired) electrons. The summed E-state index contributed by atoms with van der Waals surface area (Å²) in [4.78, 5) is 0. The van der Waals surface area contributed by atoms with E-state index < -0.39 is 12.1 Å². The molecule has 0 bridgehead atoms. The van der Waals surface area contributed by atoms with Gasteiger partial charge in [0, 0.05) is 0 Å². The Hall–Kier alpha value is -1.37. The average Bonchev–Trinajstić information content (AvgIpc) is 2.21. The Kier molecular flexibility index (Phi) is 3.44. The minimum absolute atomic E-state index is 0.553. The number of hydrogen-bond donors (Lipinski definition) is 2. The smallest absolute Gasteiger partial charge is 0.125 e. The number of nitriles is 1. The first-order chi connectivity index (χ1) is 6.29. The minimum atomic E-state index is -0.767. The van der Waals surface area contributed by atoms with Crippen molar-refractivity contribution in [2.75, 3.05) is 7.05 Å². The van der Waals surface area contributed by atoms with Crippen LogP contribution in [0.3, 0.4) is 0 Å². The lowest BCUT2D eigenvalue weighted by molar-refractivity contribution is 0.154. The molecule has 0 aromatic heterocycles. The van der Waals surface area contributed by atoms with E-state index >= 15 is 0 Å². The summed E-state index contributed by atoms with van der Waals surface area (Å²) in [6.07, 6.45) is -0.767. The van der Waals surface area contributed by atoms with E-state index in [1.165, 1.54) is 0 Å². The van der Waals surface area contributed by atoms with Crippen LogP contribution in [0.2, 0.25) is 0 Å². The minimum Gasteiger partial charge on any atom is -0.386 e. The van der Waals surface area contributed by atoms with Crippen LogP contribution in [0.5, 0.6) is 0 Å². The summed E-state index contributed by atoms with van der Waals surface area (Å²) in [5, 5.41) is 21.1. The highest BCUT2D eigenvalue weighted by Gasteiger charge is 2.17. The van der Waals surface area contributed by atoms with Gasteiger partial charge in [0.15, 0.2) is 0 Å². The third kappa shape index (κ3) is 2.28. The first kappa shape index (κ1) is 9.72. The number of likely N-dealkylation sites (N-methyl/N-ethyl adjacent to an activating group) is 1. The van der Waals surface area contributed by atoms with E-state index in [4.69, 9.17) is 5.26 Å². The fourth-order valence-corrected chi connectivity index (χ4v) is 1.14. The number of nitrogens with zero attached hydrogens (tertiary/aromatic N) is 1. The van der Waals surface area contributed by atoms with Crippen molar-refractivity contribution in [3.8, 4) is 6.07 Å². The molecule has 0 amide bonds. The molecule has 68 valence electrons. The van der Waals surface area contributed by atoms with Crippen LogP contribution in [-0.2, 0) is 0 Å². The number of aliphatic hydroxyl groups excluding tert-OH is 1. The van der Waals surface area contributed by atoms with Crippen molar-refractivity contribution in [1.82, 2.24) is 5.32 Å². The lowest BCUT2D eigenvalue weighted by atomic mass is 10.0. The second-order valence-electron chi connectivity index (χ2n) is 2.75. The highest BCUT2D eigenvalue weighted by Crippen LogP contribution is 2.15. The molecule has 1 rings (SSSR count). The molecule has 1 unspecified atom stereocenters. The monoisotopic (exact) mass is 176 g/mol. The number of aliphatic hydroxyl groups is 1. The topological polar surface area (TPSA) is 56.0 Å². The fraction of sp³-hybridized carbons (Fsp3) is 0.300. The summed E-state index contributed by atoms with van der Waals surface area (Å²) < 4.78 is 0. The van der Waals surface area contributed by atoms with Gasteiger partial charge in [0.1, 0.15) is 12.1 Å². The molecule has 1 aromatic rings. The Balaban J connectivity index is 2.79. The van der Waals surface area contributed by atoms with Gasteiger partial charge in [-0.15, -0.1) is 0 Å². The number of nitrogens with one attached hydrogen (secondary N) is 1. The summed E-state index contributed by atoms with van der Waals surface area (Å²) in [5.74, 6) is 0. The van der Waals surface area contributed by atoms with Crippen LogP contribution in [-0.4, -0.2) is 18.2 Å². The van der Waals surface area contributed by atoms with Gasteiger partial charge in [-0.1, -0.05) is 30.3 Å². The zero-order chi connectivity index (χ0) is 9.68. The van der Waals surface area contributed by atoms with Gasteiger partial charge in [-0.25, -0.2) is 0 Å². The van der Waals surface area contributed by atoms with E-state index in [0.29, 0.717) is 0 Å². The first-order valence-electron chi connectivity index (χ1n) is 4.09. The Bertz CT molecular complexity index is 292. The summed E-state index contributed by atoms with van der Waals surface area (Å²) in [6.45, 7) is 0. The van der Waals surface area contributed by atoms with E-state index in [1.807, 2.05) is 24.3 Å². The Morgan fingerprint density at radius 2 is 2.00 bits per heavy atom. The second kappa shape index (κ2) is 4.61. The van der Waals surface area contributed by atoms with Crippen LogP contribution in [0.1, 0.15) is 11.7 Å². The van der Waals surface area contributed by atoms with Crippen LogP contribution in [0.4, 0.5) is 0 Å². The molecule has 0 aliphatic heterocycles. The first-order valence-corrected chi connectivity index (χ1v) is 4.09. The lowest BCUT2D eigenvalue weighted by Gasteiger charge is -2.15. The predicted molar refractivity (Wildman–Crippen MR) is 49.9 cm³/mol. The maximum absolute atomic E-state index is 9.70. The molecule has 0 saturated heterocycles. The Morgan fingerprint density at radius 3 is 2.46 bits per heavy atom. The summed E-state index contributed by atoms with van der Waals surface area (Å²) in [5.41, 5.74) is 0.753. The third-order valence-corrected chi connectivity index (χ3v) is 1.91. The van der Waals surface area contributed by atoms with Crippen LogP contribution in [0, 0.1) is 11.3 Å². The summed E-state index contributed by atoms with van der Waals surface area (Å²) >= 11 is 0. The highest BCUT2D eigenvalue weighted by atomic mass is 16.3. The van der Waals surface area contributed by atoms with Crippen molar-refractivity contribution < 1.29 is 5.11 Å². The quantitative estimate of drug-likeness (QED) is 0.717. The van der Waals surface area contributed by atoms with Crippen LogP contribution in [0.15, 0.2) is 30.3 Å². The SMILES string of the molecule is CNC(C#N)[C@H](O)c1ccccc1. The van der Waals surface area contributed by atoms with Crippen molar-refractivity contribution in [2.24, 2.45) is 0 Å². The van der Waals surface area contributed by atoms with Gasteiger partial charge in [-0.3, -0.25) is 0 Å². The van der Waals surface area contributed by atoms with Crippen molar-refractivity contribution in [3.63, 3.8) is 0 Å². The third-order valence-electron chi connectivity index (χ3n) is 1.91. The molecule has 0 heterocycles. The van der Waals surface area contributed by atoms with Gasteiger partial charge < -0.3 is 10.4 Å². The zero-order valence-electron chi connectivity index (χ0n) is 7.44. The van der Waals surface area contributed by atoms with Crippen LogP contribution >= 0.6 is 0 Å². The number of rotatable bonds is 3. The molecule has 1 aromatic carbocycles. The van der Waals surface area contributed by atoms with Gasteiger partial charge in [0.2, 0.25) is 0 Å². The van der Waals surface area contributed by atoms with Gasteiger partial charge in [0.25, 0.3) is 0 Å². The van der Waals surface area contributed by atoms with Crippen molar-refractivity contribution in [2.45, 2.75) is 12.1 Å². The van der Waals surface area contributed by atoms with Crippen LogP contribution in [0.25, 0.3) is 0 Å². The lowest BCUT2D eigenvalue weighted by Crippen LogP contribution is -2.30. The molecule has 0 aliphatic carbocycles. The number of hydrogen-bond acceptors (Lipinski definition) is 3. The van der Waals surface area contributed by atoms with Crippen LogP contribution < -0.4 is 5.32 Å². The van der Waals surface area contributed by atoms with E-state index in [9.17, 15) is 5.11 Å². The fourth-order valence-electron chi connectivity index (χ4n) is 1.14. The zero-order valence-corrected chi connectivity index (χ0v) is 7.44. The molecule has 3 nitrogen and oxygen atoms in total. The molecule has 2 N–H and O–H groups in total. The van der Waals surface area contributed by atoms with E-state index in [0.717, 1.165) is 5.56 Å². The summed E-state index contributed by atoms with van der Waals surface area (Å²) in [7, 11) is 1.65. The van der Waals surface area contributed by atoms with Crippen molar-refractivity contribution >= 4 is 0 Å². The standard InChI is InChI=1S/C10H12N2O/c1-12-9(7-11)10(13)8-5-3-2-4-6-8/h2-6,9-10,12-13H,1H3/t9?,10-/m1/s1. The van der Waals surface area contributed by atoms with Crippen molar-refractivity contribution in [1.29, 1.82) is 5.26 Å². The van der Waals surface area contributed by atoms with E-state index in [1.54, 1.807) is 19.2 Å². The largest absolute Gasteiger partial charge is 0.386 e. The van der Waals surface area contributed by atoms with Gasteiger partial charge in [-0.2, -0.15) is 5.26 Å². The van der Waals surface area contributed by atoms with E-state index in [-0.39, 0.29) is 0 Å². The normalized spacial score (nSPS) is 14.5. The molecular formula is C10H12N2O.